The van der Waals surface area contributed by atoms with E-state index in [1.807, 2.05) is 6.92 Å². The summed E-state index contributed by atoms with van der Waals surface area (Å²) in [6.45, 7) is 2.25. The molecule has 1 aliphatic carbocycles. The van der Waals surface area contributed by atoms with Gasteiger partial charge in [-0.25, -0.2) is 4.99 Å². The highest BCUT2D eigenvalue weighted by atomic mass is 32.1. The van der Waals surface area contributed by atoms with Gasteiger partial charge < -0.3 is 4.74 Å². The van der Waals surface area contributed by atoms with E-state index in [2.05, 4.69) is 22.4 Å². The van der Waals surface area contributed by atoms with Crippen molar-refractivity contribution in [1.29, 1.82) is 0 Å². The number of hydrogen-bond acceptors (Lipinski definition) is 4. The van der Waals surface area contributed by atoms with Gasteiger partial charge in [0.2, 0.25) is 0 Å². The number of rotatable bonds is 3. The molecule has 0 spiro atoms. The standard InChI is InChI=1S/C10H15NO2S/c1-2-13-10(12)8-5-3-4-6-9(8)11-7-14/h8-9H,2-6H2,1H3. The van der Waals surface area contributed by atoms with Crippen LogP contribution >= 0.6 is 12.2 Å². The molecule has 2 atom stereocenters. The Bertz CT molecular complexity index is 249. The van der Waals surface area contributed by atoms with Crippen molar-refractivity contribution in [3.8, 4) is 0 Å². The van der Waals surface area contributed by atoms with Gasteiger partial charge in [0.15, 0.2) is 0 Å². The second-order valence-electron chi connectivity index (χ2n) is 3.43. The van der Waals surface area contributed by atoms with Gasteiger partial charge in [-0.3, -0.25) is 4.79 Å². The van der Waals surface area contributed by atoms with Crippen LogP contribution in [0.4, 0.5) is 0 Å². The van der Waals surface area contributed by atoms with Crippen LogP contribution in [0.5, 0.6) is 0 Å². The van der Waals surface area contributed by atoms with Gasteiger partial charge in [-0.1, -0.05) is 12.8 Å². The molecule has 1 fully saturated rings. The molecule has 0 aromatic heterocycles. The zero-order valence-electron chi connectivity index (χ0n) is 8.36. The van der Waals surface area contributed by atoms with Gasteiger partial charge in [-0.15, -0.1) is 0 Å². The molecule has 0 saturated heterocycles. The zero-order valence-corrected chi connectivity index (χ0v) is 9.18. The Labute approximate surface area is 89.5 Å². The molecular weight excluding hydrogens is 198 g/mol. The Hall–Kier alpha value is -0.730. The Balaban J connectivity index is 2.61. The number of carbonyl (C=O) groups is 1. The van der Waals surface area contributed by atoms with Crippen molar-refractivity contribution in [2.75, 3.05) is 6.61 Å². The van der Waals surface area contributed by atoms with Crippen LogP contribution in [0.2, 0.25) is 0 Å². The first-order chi connectivity index (χ1) is 6.79. The highest BCUT2D eigenvalue weighted by Gasteiger charge is 2.31. The molecular formula is C10H15NO2S. The number of hydrogen-bond donors (Lipinski definition) is 0. The second-order valence-corrected chi connectivity index (χ2v) is 3.61. The lowest BCUT2D eigenvalue weighted by atomic mass is 9.85. The highest BCUT2D eigenvalue weighted by Crippen LogP contribution is 2.27. The minimum absolute atomic E-state index is 0.000278. The monoisotopic (exact) mass is 213 g/mol. The van der Waals surface area contributed by atoms with Crippen LogP contribution in [0, 0.1) is 5.92 Å². The molecule has 14 heavy (non-hydrogen) atoms. The molecule has 0 bridgehead atoms. The summed E-state index contributed by atoms with van der Waals surface area (Å²) in [5, 5.41) is 2.36. The first-order valence-corrected chi connectivity index (χ1v) is 5.44. The number of esters is 1. The fourth-order valence-corrected chi connectivity index (χ4v) is 1.99. The largest absolute Gasteiger partial charge is 0.466 e. The Kier molecular flexibility index (Phi) is 4.77. The molecule has 0 aromatic rings. The summed E-state index contributed by atoms with van der Waals surface area (Å²) in [6, 6.07) is 0.000278. The predicted octanol–water partition coefficient (Wildman–Crippen LogP) is 2.21. The highest BCUT2D eigenvalue weighted by molar-refractivity contribution is 7.78. The number of ether oxygens (including phenoxy) is 1. The molecule has 0 amide bonds. The molecule has 0 heterocycles. The molecule has 4 heteroatoms. The molecule has 78 valence electrons. The van der Waals surface area contributed by atoms with Crippen molar-refractivity contribution >= 4 is 23.3 Å². The Morgan fingerprint density at radius 3 is 2.93 bits per heavy atom. The third-order valence-electron chi connectivity index (χ3n) is 2.54. The van der Waals surface area contributed by atoms with E-state index in [0.717, 1.165) is 25.7 Å². The van der Waals surface area contributed by atoms with E-state index < -0.39 is 0 Å². The number of carbonyl (C=O) groups excluding carboxylic acids is 1. The number of nitrogens with zero attached hydrogens (tertiary/aromatic N) is 1. The lowest BCUT2D eigenvalue weighted by Gasteiger charge is -2.25. The summed E-state index contributed by atoms with van der Waals surface area (Å²) in [5.41, 5.74) is 0. The van der Waals surface area contributed by atoms with E-state index in [4.69, 9.17) is 4.74 Å². The van der Waals surface area contributed by atoms with Gasteiger partial charge in [0, 0.05) is 0 Å². The molecule has 1 aliphatic rings. The maximum absolute atomic E-state index is 11.5. The molecule has 2 unspecified atom stereocenters. The molecule has 0 radical (unpaired) electrons. The molecule has 1 saturated carbocycles. The maximum Gasteiger partial charge on any atom is 0.311 e. The average Bonchev–Trinajstić information content (AvgIpc) is 2.19. The Morgan fingerprint density at radius 2 is 2.29 bits per heavy atom. The van der Waals surface area contributed by atoms with E-state index in [-0.39, 0.29) is 17.9 Å². The van der Waals surface area contributed by atoms with Crippen molar-refractivity contribution in [2.45, 2.75) is 38.6 Å². The third-order valence-corrected chi connectivity index (χ3v) is 2.64. The van der Waals surface area contributed by atoms with Crippen LogP contribution in [0.25, 0.3) is 0 Å². The first kappa shape index (κ1) is 11.3. The quantitative estimate of drug-likeness (QED) is 0.410. The van der Waals surface area contributed by atoms with Gasteiger partial charge in [0.25, 0.3) is 0 Å². The SMILES string of the molecule is CCOC(=O)C1CCCCC1N=C=S. The van der Waals surface area contributed by atoms with Gasteiger partial charge in [0.1, 0.15) is 0 Å². The van der Waals surface area contributed by atoms with Crippen molar-refractivity contribution in [2.24, 2.45) is 10.9 Å². The molecule has 1 rings (SSSR count). The molecule has 0 aromatic carbocycles. The van der Waals surface area contributed by atoms with Crippen LogP contribution < -0.4 is 0 Å². The summed E-state index contributed by atoms with van der Waals surface area (Å²) in [7, 11) is 0. The normalized spacial score (nSPS) is 26.4. The van der Waals surface area contributed by atoms with Gasteiger partial charge in [-0.2, -0.15) is 0 Å². The van der Waals surface area contributed by atoms with Crippen molar-refractivity contribution < 1.29 is 9.53 Å². The fraction of sp³-hybridized carbons (Fsp3) is 0.800. The molecule has 0 aliphatic heterocycles. The van der Waals surface area contributed by atoms with E-state index in [1.54, 1.807) is 0 Å². The minimum Gasteiger partial charge on any atom is -0.466 e. The summed E-state index contributed by atoms with van der Waals surface area (Å²) in [6.07, 6.45) is 3.98. The average molecular weight is 213 g/mol. The van der Waals surface area contributed by atoms with Gasteiger partial charge in [0.05, 0.1) is 23.7 Å². The summed E-state index contributed by atoms with van der Waals surface area (Å²) >= 11 is 4.57. The van der Waals surface area contributed by atoms with E-state index in [1.165, 1.54) is 0 Å². The maximum atomic E-state index is 11.5. The van der Waals surface area contributed by atoms with Crippen LogP contribution in [0.3, 0.4) is 0 Å². The topological polar surface area (TPSA) is 38.7 Å². The third kappa shape index (κ3) is 2.89. The summed E-state index contributed by atoms with van der Waals surface area (Å²) in [5.74, 6) is -0.231. The van der Waals surface area contributed by atoms with Crippen LogP contribution in [0.1, 0.15) is 32.6 Å². The lowest BCUT2D eigenvalue weighted by molar-refractivity contribution is -0.149. The fourth-order valence-electron chi connectivity index (χ4n) is 1.86. The predicted molar refractivity (Wildman–Crippen MR) is 57.4 cm³/mol. The van der Waals surface area contributed by atoms with Crippen LogP contribution in [-0.4, -0.2) is 23.8 Å². The zero-order chi connectivity index (χ0) is 10.4. The van der Waals surface area contributed by atoms with Crippen molar-refractivity contribution in [3.05, 3.63) is 0 Å². The van der Waals surface area contributed by atoms with Gasteiger partial charge in [-0.05, 0) is 32.0 Å². The van der Waals surface area contributed by atoms with Crippen molar-refractivity contribution in [1.82, 2.24) is 0 Å². The summed E-state index contributed by atoms with van der Waals surface area (Å²) in [4.78, 5) is 15.6. The minimum atomic E-state index is -0.133. The molecule has 0 N–H and O–H groups in total. The van der Waals surface area contributed by atoms with E-state index in [9.17, 15) is 4.79 Å². The number of aliphatic imine (C=N–C) groups is 1. The molecule has 3 nitrogen and oxygen atoms in total. The Morgan fingerprint density at radius 1 is 1.57 bits per heavy atom. The van der Waals surface area contributed by atoms with Crippen LogP contribution in [0.15, 0.2) is 4.99 Å². The van der Waals surface area contributed by atoms with Gasteiger partial charge >= 0.3 is 5.97 Å². The second kappa shape index (κ2) is 5.89. The first-order valence-electron chi connectivity index (χ1n) is 5.03. The van der Waals surface area contributed by atoms with Crippen LogP contribution in [-0.2, 0) is 9.53 Å². The number of isothiocyanates is 1. The van der Waals surface area contributed by atoms with E-state index in [0.29, 0.717) is 6.61 Å². The van der Waals surface area contributed by atoms with E-state index >= 15 is 0 Å². The lowest BCUT2D eigenvalue weighted by Crippen LogP contribution is -2.31. The summed E-state index contributed by atoms with van der Waals surface area (Å²) < 4.78 is 5.00. The smallest absolute Gasteiger partial charge is 0.311 e. The van der Waals surface area contributed by atoms with Crippen molar-refractivity contribution in [3.63, 3.8) is 0 Å². The number of thiocarbonyl (C=S) groups is 1.